The molecule has 1 aromatic rings. The van der Waals surface area contributed by atoms with Gasteiger partial charge in [-0.1, -0.05) is 18.5 Å². The second kappa shape index (κ2) is 5.12. The Bertz CT molecular complexity index is 462. The Morgan fingerprint density at radius 2 is 2.19 bits per heavy atom. The maximum atomic E-state index is 12.2. The molecule has 0 aliphatic rings. The fourth-order valence-electron chi connectivity index (χ4n) is 1.20. The summed E-state index contributed by atoms with van der Waals surface area (Å²) in [6.07, 6.45) is 3.48. The number of rotatable bonds is 4. The van der Waals surface area contributed by atoms with E-state index in [1.54, 1.807) is 7.05 Å². The predicted octanol–water partition coefficient (Wildman–Crippen LogP) is 2.15. The van der Waals surface area contributed by atoms with E-state index in [0.29, 0.717) is 0 Å². The third-order valence-electron chi connectivity index (χ3n) is 2.60. The van der Waals surface area contributed by atoms with E-state index in [1.165, 1.54) is 22.8 Å². The van der Waals surface area contributed by atoms with E-state index in [9.17, 15) is 8.42 Å². The molecule has 0 aliphatic carbocycles. The van der Waals surface area contributed by atoms with Crippen LogP contribution < -0.4 is 0 Å². The number of hydrogen-bond donors (Lipinski definition) is 0. The monoisotopic (exact) mass is 262 g/mol. The van der Waals surface area contributed by atoms with Crippen LogP contribution >= 0.6 is 11.6 Å². The van der Waals surface area contributed by atoms with Crippen molar-refractivity contribution < 1.29 is 8.42 Å². The fraction of sp³-hybridized carbons (Fsp3) is 0.500. The van der Waals surface area contributed by atoms with E-state index >= 15 is 0 Å². The summed E-state index contributed by atoms with van der Waals surface area (Å²) in [6.45, 7) is 3.78. The number of sulfonamides is 1. The third kappa shape index (κ3) is 2.53. The van der Waals surface area contributed by atoms with Gasteiger partial charge in [-0.05, 0) is 19.4 Å². The lowest BCUT2D eigenvalue weighted by molar-refractivity contribution is 0.380. The molecule has 0 spiro atoms. The molecule has 0 aliphatic heterocycles. The first kappa shape index (κ1) is 13.4. The lowest BCUT2D eigenvalue weighted by atomic mass is 10.3. The minimum Gasteiger partial charge on any atom is -0.263 e. The summed E-state index contributed by atoms with van der Waals surface area (Å²) in [6, 6.07) is 1.40. The van der Waals surface area contributed by atoms with Crippen molar-refractivity contribution in [3.8, 4) is 0 Å². The Morgan fingerprint density at radius 1 is 1.56 bits per heavy atom. The third-order valence-corrected chi connectivity index (χ3v) is 5.04. The Morgan fingerprint density at radius 3 is 2.69 bits per heavy atom. The predicted molar refractivity (Wildman–Crippen MR) is 63.9 cm³/mol. The van der Waals surface area contributed by atoms with Gasteiger partial charge in [0.25, 0.3) is 0 Å². The van der Waals surface area contributed by atoms with E-state index in [0.717, 1.165) is 6.42 Å². The Labute approximate surface area is 101 Å². The molecule has 0 saturated heterocycles. The quantitative estimate of drug-likeness (QED) is 0.836. The Kier molecular flexibility index (Phi) is 4.29. The Hall–Kier alpha value is -0.650. The molecule has 0 saturated carbocycles. The van der Waals surface area contributed by atoms with Crippen LogP contribution in [-0.4, -0.2) is 30.8 Å². The van der Waals surface area contributed by atoms with Crippen LogP contribution in [0.2, 0.25) is 5.02 Å². The van der Waals surface area contributed by atoms with Crippen LogP contribution in [0.5, 0.6) is 0 Å². The topological polar surface area (TPSA) is 50.3 Å². The van der Waals surface area contributed by atoms with Gasteiger partial charge in [0.05, 0.1) is 5.02 Å². The zero-order valence-corrected chi connectivity index (χ0v) is 11.1. The molecule has 1 heterocycles. The number of hydrogen-bond acceptors (Lipinski definition) is 3. The summed E-state index contributed by atoms with van der Waals surface area (Å²) in [5, 5.41) is 0.199. The molecule has 16 heavy (non-hydrogen) atoms. The first-order valence-corrected chi connectivity index (χ1v) is 6.80. The van der Waals surface area contributed by atoms with E-state index in [2.05, 4.69) is 4.98 Å². The summed E-state index contributed by atoms with van der Waals surface area (Å²) in [7, 11) is -1.99. The molecule has 0 radical (unpaired) electrons. The normalized spacial score (nSPS) is 14.1. The van der Waals surface area contributed by atoms with E-state index in [1.807, 2.05) is 13.8 Å². The van der Waals surface area contributed by atoms with Crippen molar-refractivity contribution in [1.29, 1.82) is 0 Å². The molecular formula is C10H15ClN2O2S. The summed E-state index contributed by atoms with van der Waals surface area (Å²) < 4.78 is 25.6. The molecule has 0 bridgehead atoms. The van der Waals surface area contributed by atoms with Gasteiger partial charge >= 0.3 is 0 Å². The second-order valence-electron chi connectivity index (χ2n) is 3.58. The van der Waals surface area contributed by atoms with Crippen LogP contribution in [0.4, 0.5) is 0 Å². The second-order valence-corrected chi connectivity index (χ2v) is 5.96. The van der Waals surface area contributed by atoms with Gasteiger partial charge in [0.15, 0.2) is 0 Å². The lowest BCUT2D eigenvalue weighted by Crippen LogP contribution is -2.34. The van der Waals surface area contributed by atoms with Gasteiger partial charge in [0.2, 0.25) is 10.0 Å². The van der Waals surface area contributed by atoms with Gasteiger partial charge < -0.3 is 0 Å². The van der Waals surface area contributed by atoms with Crippen LogP contribution in [-0.2, 0) is 10.0 Å². The molecule has 90 valence electrons. The van der Waals surface area contributed by atoms with Crippen LogP contribution in [0.25, 0.3) is 0 Å². The van der Waals surface area contributed by atoms with Gasteiger partial charge in [-0.15, -0.1) is 0 Å². The molecular weight excluding hydrogens is 248 g/mol. The number of halogens is 1. The van der Waals surface area contributed by atoms with Crippen molar-refractivity contribution in [3.05, 3.63) is 23.5 Å². The van der Waals surface area contributed by atoms with Gasteiger partial charge in [0.1, 0.15) is 4.90 Å². The summed E-state index contributed by atoms with van der Waals surface area (Å²) in [5.74, 6) is 0. The average molecular weight is 263 g/mol. The van der Waals surface area contributed by atoms with Crippen LogP contribution in [0.3, 0.4) is 0 Å². The van der Waals surface area contributed by atoms with Crippen molar-refractivity contribution in [2.24, 2.45) is 0 Å². The number of aromatic nitrogens is 1. The highest BCUT2D eigenvalue weighted by Gasteiger charge is 2.26. The SMILES string of the molecule is CCC(C)N(C)S(=O)(=O)c1cnccc1Cl. The first-order chi connectivity index (χ1) is 7.41. The van der Waals surface area contributed by atoms with Gasteiger partial charge in [-0.3, -0.25) is 4.98 Å². The molecule has 0 amide bonds. The standard InChI is InChI=1S/C10H15ClN2O2S/c1-4-8(2)13(3)16(14,15)10-7-12-6-5-9(10)11/h5-8H,4H2,1-3H3. The summed E-state index contributed by atoms with van der Waals surface area (Å²) in [4.78, 5) is 3.84. The molecule has 1 rings (SSSR count). The van der Waals surface area contributed by atoms with Crippen molar-refractivity contribution in [3.63, 3.8) is 0 Å². The number of pyridine rings is 1. The van der Waals surface area contributed by atoms with Crippen molar-refractivity contribution in [2.75, 3.05) is 7.05 Å². The molecule has 1 unspecified atom stereocenters. The molecule has 1 atom stereocenters. The Balaban J connectivity index is 3.17. The smallest absolute Gasteiger partial charge is 0.246 e. The molecule has 0 fully saturated rings. The fourth-order valence-corrected chi connectivity index (χ4v) is 3.04. The van der Waals surface area contributed by atoms with Gasteiger partial charge in [-0.25, -0.2) is 8.42 Å². The minimum atomic E-state index is -3.54. The van der Waals surface area contributed by atoms with E-state index < -0.39 is 10.0 Å². The van der Waals surface area contributed by atoms with Gasteiger partial charge in [-0.2, -0.15) is 4.31 Å². The van der Waals surface area contributed by atoms with E-state index in [4.69, 9.17) is 11.6 Å². The average Bonchev–Trinajstić information content (AvgIpc) is 2.27. The maximum Gasteiger partial charge on any atom is 0.246 e. The van der Waals surface area contributed by atoms with Crippen molar-refractivity contribution in [2.45, 2.75) is 31.2 Å². The highest BCUT2D eigenvalue weighted by atomic mass is 35.5. The zero-order valence-electron chi connectivity index (χ0n) is 9.51. The maximum absolute atomic E-state index is 12.2. The zero-order chi connectivity index (χ0) is 12.3. The molecule has 6 heteroatoms. The van der Waals surface area contributed by atoms with Crippen LogP contribution in [0.15, 0.2) is 23.4 Å². The summed E-state index contributed by atoms with van der Waals surface area (Å²) in [5.41, 5.74) is 0. The summed E-state index contributed by atoms with van der Waals surface area (Å²) >= 11 is 5.85. The minimum absolute atomic E-state index is 0.0551. The lowest BCUT2D eigenvalue weighted by Gasteiger charge is -2.23. The van der Waals surface area contributed by atoms with Crippen LogP contribution in [0, 0.1) is 0 Å². The first-order valence-electron chi connectivity index (χ1n) is 4.98. The molecule has 4 nitrogen and oxygen atoms in total. The van der Waals surface area contributed by atoms with Gasteiger partial charge in [0, 0.05) is 25.5 Å². The highest BCUT2D eigenvalue weighted by Crippen LogP contribution is 2.23. The van der Waals surface area contributed by atoms with Crippen molar-refractivity contribution in [1.82, 2.24) is 9.29 Å². The van der Waals surface area contributed by atoms with Crippen molar-refractivity contribution >= 4 is 21.6 Å². The highest BCUT2D eigenvalue weighted by molar-refractivity contribution is 7.89. The number of nitrogens with zero attached hydrogens (tertiary/aromatic N) is 2. The molecule has 0 N–H and O–H groups in total. The molecule has 1 aromatic heterocycles. The molecule has 0 aromatic carbocycles. The van der Waals surface area contributed by atoms with E-state index in [-0.39, 0.29) is 16.0 Å². The largest absolute Gasteiger partial charge is 0.263 e. The van der Waals surface area contributed by atoms with Crippen LogP contribution in [0.1, 0.15) is 20.3 Å².